The fourth-order valence-corrected chi connectivity index (χ4v) is 4.34. The van der Waals surface area contributed by atoms with Crippen molar-refractivity contribution < 1.29 is 19.8 Å². The molecule has 7 N–H and O–H groups in total. The highest BCUT2D eigenvalue weighted by Crippen LogP contribution is 2.33. The van der Waals surface area contributed by atoms with Gasteiger partial charge in [-0.3, -0.25) is 9.59 Å². The molecule has 2 amide bonds. The average molecular weight is 463 g/mol. The zero-order chi connectivity index (χ0) is 24.2. The molecule has 1 aliphatic rings. The van der Waals surface area contributed by atoms with Crippen LogP contribution in [0.5, 0.6) is 0 Å². The van der Waals surface area contributed by atoms with Gasteiger partial charge in [0.05, 0.1) is 25.0 Å². The molecule has 33 heavy (non-hydrogen) atoms. The van der Waals surface area contributed by atoms with Crippen molar-refractivity contribution in [3.63, 3.8) is 0 Å². The van der Waals surface area contributed by atoms with Gasteiger partial charge in [-0.05, 0) is 38.5 Å². The van der Waals surface area contributed by atoms with Crippen molar-refractivity contribution >= 4 is 28.8 Å². The number of aliphatic hydroxyl groups is 2. The average Bonchev–Trinajstić information content (AvgIpc) is 3.18. The van der Waals surface area contributed by atoms with Gasteiger partial charge in [-0.15, -0.1) is 0 Å². The van der Waals surface area contributed by atoms with E-state index in [0.717, 1.165) is 12.8 Å². The lowest BCUT2D eigenvalue weighted by Crippen LogP contribution is -2.56. The topological polar surface area (TPSA) is 186 Å². The summed E-state index contributed by atoms with van der Waals surface area (Å²) in [7, 11) is 1.68. The molecule has 12 nitrogen and oxygen atoms in total. The number of nitrogen functional groups attached to an aromatic ring is 1. The highest BCUT2D eigenvalue weighted by Gasteiger charge is 2.43. The van der Waals surface area contributed by atoms with Gasteiger partial charge in [-0.2, -0.15) is 0 Å². The van der Waals surface area contributed by atoms with Crippen molar-refractivity contribution in [3.8, 4) is 0 Å². The SMILES string of the molecule is CC(=O)NCCCC[C@H](N)C(=O)N(C)[C@@H]1CC[C@](O)(Cn2cnc3c(N)ncnc32)[C@@H](O)C1. The molecule has 182 valence electrons. The largest absolute Gasteiger partial charge is 0.390 e. The second-order valence-electron chi connectivity index (χ2n) is 8.89. The molecule has 1 saturated carbocycles. The lowest BCUT2D eigenvalue weighted by atomic mass is 9.79. The van der Waals surface area contributed by atoms with Crippen molar-refractivity contribution in [1.82, 2.24) is 29.7 Å². The van der Waals surface area contributed by atoms with Crippen molar-refractivity contribution in [2.75, 3.05) is 19.3 Å². The fourth-order valence-electron chi connectivity index (χ4n) is 4.34. The van der Waals surface area contributed by atoms with Crippen molar-refractivity contribution in [3.05, 3.63) is 12.7 Å². The number of fused-ring (bicyclic) bond motifs is 1. The number of carbonyl (C=O) groups excluding carboxylic acids is 2. The lowest BCUT2D eigenvalue weighted by Gasteiger charge is -2.43. The minimum Gasteiger partial charge on any atom is -0.390 e. The van der Waals surface area contributed by atoms with Crippen LogP contribution in [0.25, 0.3) is 11.2 Å². The van der Waals surface area contributed by atoms with E-state index in [2.05, 4.69) is 20.3 Å². The molecule has 2 aromatic rings. The van der Waals surface area contributed by atoms with E-state index in [1.165, 1.54) is 19.6 Å². The Hall–Kier alpha value is -2.83. The number of carbonyl (C=O) groups is 2. The van der Waals surface area contributed by atoms with Crippen LogP contribution in [0.2, 0.25) is 0 Å². The van der Waals surface area contributed by atoms with E-state index in [4.69, 9.17) is 11.5 Å². The van der Waals surface area contributed by atoms with Gasteiger partial charge in [-0.25, -0.2) is 15.0 Å². The summed E-state index contributed by atoms with van der Waals surface area (Å²) in [5.41, 5.74) is 11.5. The minimum atomic E-state index is -1.39. The summed E-state index contributed by atoms with van der Waals surface area (Å²) in [6.45, 7) is 2.12. The second-order valence-corrected chi connectivity index (χ2v) is 8.89. The molecule has 0 spiro atoms. The van der Waals surface area contributed by atoms with Crippen LogP contribution in [0, 0.1) is 0 Å². The predicted octanol–water partition coefficient (Wildman–Crippen LogP) is -0.855. The molecule has 0 aliphatic heterocycles. The van der Waals surface area contributed by atoms with Crippen molar-refractivity contribution in [2.24, 2.45) is 5.73 Å². The second kappa shape index (κ2) is 10.4. The Morgan fingerprint density at radius 3 is 2.82 bits per heavy atom. The number of likely N-dealkylation sites (N-methyl/N-ethyl adjacent to an activating group) is 1. The van der Waals surface area contributed by atoms with Gasteiger partial charge < -0.3 is 36.5 Å². The molecule has 4 atom stereocenters. The number of nitrogens with two attached hydrogens (primary N) is 2. The van der Waals surface area contributed by atoms with Crippen LogP contribution in [0.1, 0.15) is 45.4 Å². The Morgan fingerprint density at radius 1 is 1.36 bits per heavy atom. The van der Waals surface area contributed by atoms with Gasteiger partial charge in [0.25, 0.3) is 0 Å². The first-order chi connectivity index (χ1) is 15.6. The number of hydrogen-bond acceptors (Lipinski definition) is 9. The van der Waals surface area contributed by atoms with Gasteiger partial charge in [0.2, 0.25) is 11.8 Å². The van der Waals surface area contributed by atoms with Crippen molar-refractivity contribution in [1.29, 1.82) is 0 Å². The number of nitrogens with one attached hydrogen (secondary N) is 1. The van der Waals surface area contributed by atoms with Gasteiger partial charge >= 0.3 is 0 Å². The van der Waals surface area contributed by atoms with Crippen molar-refractivity contribution in [2.45, 2.75) is 75.8 Å². The number of aromatic nitrogens is 4. The molecule has 2 aromatic heterocycles. The normalized spacial score (nSPS) is 23.9. The summed E-state index contributed by atoms with van der Waals surface area (Å²) in [4.78, 5) is 37.5. The maximum atomic E-state index is 12.8. The van der Waals surface area contributed by atoms with Crippen LogP contribution in [0.15, 0.2) is 12.7 Å². The Labute approximate surface area is 192 Å². The maximum absolute atomic E-state index is 12.8. The zero-order valence-corrected chi connectivity index (χ0v) is 19.1. The quantitative estimate of drug-likeness (QED) is 0.296. The first-order valence-electron chi connectivity index (χ1n) is 11.2. The third-order valence-electron chi connectivity index (χ3n) is 6.43. The first kappa shape index (κ1) is 24.8. The third-order valence-corrected chi connectivity index (χ3v) is 6.43. The van der Waals surface area contributed by atoms with Gasteiger partial charge in [0, 0.05) is 26.6 Å². The Balaban J connectivity index is 1.54. The molecule has 2 heterocycles. The molecular weight excluding hydrogens is 428 g/mol. The number of hydrogen-bond donors (Lipinski definition) is 5. The number of nitrogens with zero attached hydrogens (tertiary/aromatic N) is 5. The maximum Gasteiger partial charge on any atom is 0.239 e. The number of anilines is 1. The molecule has 0 saturated heterocycles. The predicted molar refractivity (Wildman–Crippen MR) is 122 cm³/mol. The fraction of sp³-hybridized carbons (Fsp3) is 0.667. The number of unbranched alkanes of at least 4 members (excludes halogenated alkanes) is 1. The number of imidazole rings is 1. The molecule has 0 radical (unpaired) electrons. The lowest BCUT2D eigenvalue weighted by molar-refractivity contribution is -0.144. The highest BCUT2D eigenvalue weighted by atomic mass is 16.3. The summed E-state index contributed by atoms with van der Waals surface area (Å²) < 4.78 is 1.66. The van der Waals surface area contributed by atoms with Crippen LogP contribution >= 0.6 is 0 Å². The highest BCUT2D eigenvalue weighted by molar-refractivity contribution is 5.82. The van der Waals surface area contributed by atoms with E-state index in [1.807, 2.05) is 0 Å². The zero-order valence-electron chi connectivity index (χ0n) is 19.1. The van der Waals surface area contributed by atoms with E-state index >= 15 is 0 Å². The summed E-state index contributed by atoms with van der Waals surface area (Å²) in [5.74, 6) is -0.0175. The van der Waals surface area contributed by atoms with Crippen LogP contribution in [-0.2, 0) is 16.1 Å². The van der Waals surface area contributed by atoms with E-state index < -0.39 is 17.7 Å². The molecule has 3 rings (SSSR count). The summed E-state index contributed by atoms with van der Waals surface area (Å²) in [5, 5.41) is 24.7. The molecule has 0 aromatic carbocycles. The number of rotatable bonds is 9. The standard InChI is InChI=1S/C21H34N8O4/c1-13(30)24-8-4-3-5-15(22)20(32)28(2)14-6-7-21(33,16(31)9-14)10-29-12-27-17-18(23)25-11-26-19(17)29/h11-12,14-16,31,33H,3-10,22H2,1-2H3,(H,24,30)(H2,23,25,26)/t14-,15+,16+,21+/m1/s1. The summed E-state index contributed by atoms with van der Waals surface area (Å²) in [6, 6.07) is -0.872. The molecule has 1 fully saturated rings. The van der Waals surface area contributed by atoms with Crippen LogP contribution in [0.4, 0.5) is 5.82 Å². The smallest absolute Gasteiger partial charge is 0.239 e. The Morgan fingerprint density at radius 2 is 2.12 bits per heavy atom. The van der Waals surface area contributed by atoms with E-state index in [1.54, 1.807) is 16.5 Å². The third kappa shape index (κ3) is 5.75. The van der Waals surface area contributed by atoms with Gasteiger partial charge in [0.1, 0.15) is 17.4 Å². The minimum absolute atomic E-state index is 0.0791. The number of amides is 2. The number of aliphatic hydroxyl groups excluding tert-OH is 1. The first-order valence-corrected chi connectivity index (χ1v) is 11.2. The monoisotopic (exact) mass is 462 g/mol. The molecule has 12 heteroatoms. The van der Waals surface area contributed by atoms with Gasteiger partial charge in [-0.1, -0.05) is 0 Å². The van der Waals surface area contributed by atoms with Crippen LogP contribution < -0.4 is 16.8 Å². The molecular formula is C21H34N8O4. The molecule has 0 unspecified atom stereocenters. The Kier molecular flexibility index (Phi) is 7.82. The van der Waals surface area contributed by atoms with E-state index in [-0.39, 0.29) is 36.6 Å². The molecule has 1 aliphatic carbocycles. The van der Waals surface area contributed by atoms with Gasteiger partial charge in [0.15, 0.2) is 11.5 Å². The van der Waals surface area contributed by atoms with E-state index in [0.29, 0.717) is 37.0 Å². The summed E-state index contributed by atoms with van der Waals surface area (Å²) in [6.07, 6.45) is 4.84. The van der Waals surface area contributed by atoms with E-state index in [9.17, 15) is 19.8 Å². The summed E-state index contributed by atoms with van der Waals surface area (Å²) >= 11 is 0. The van der Waals surface area contributed by atoms with Crippen LogP contribution in [0.3, 0.4) is 0 Å². The Bertz CT molecular complexity index is 982. The molecule has 0 bridgehead atoms. The van der Waals surface area contributed by atoms with Crippen LogP contribution in [-0.4, -0.2) is 83.8 Å².